The fourth-order valence-corrected chi connectivity index (χ4v) is 1.31. The van der Waals surface area contributed by atoms with Crippen molar-refractivity contribution in [2.24, 2.45) is 0 Å². The molecule has 0 aliphatic rings. The van der Waals surface area contributed by atoms with E-state index in [9.17, 15) is 22.8 Å². The number of halogens is 3. The molecule has 0 radical (unpaired) electrons. The summed E-state index contributed by atoms with van der Waals surface area (Å²) in [5.74, 6) is -0.956. The van der Waals surface area contributed by atoms with Gasteiger partial charge in [0.05, 0.1) is 0 Å². The molecule has 0 fully saturated rings. The van der Waals surface area contributed by atoms with E-state index in [0.29, 0.717) is 13.0 Å². The third-order valence-corrected chi connectivity index (χ3v) is 2.27. The number of alkyl halides is 3. The second-order valence-corrected chi connectivity index (χ2v) is 3.93. The molecular weight excluding hydrogens is 263 g/mol. The standard InChI is InChI=1S/C11H14F3N3O2/c1-2-3-6-17-9(18)5-4-8(16-17)10(19)15-7-11(12,13)14/h4-5H,2-3,6-7H2,1H3,(H,15,19). The van der Waals surface area contributed by atoms with Crippen LogP contribution in [0.5, 0.6) is 0 Å². The van der Waals surface area contributed by atoms with Crippen molar-refractivity contribution in [1.29, 1.82) is 0 Å². The van der Waals surface area contributed by atoms with Crippen molar-refractivity contribution >= 4 is 5.91 Å². The van der Waals surface area contributed by atoms with Gasteiger partial charge < -0.3 is 5.32 Å². The van der Waals surface area contributed by atoms with Crippen LogP contribution in [0.3, 0.4) is 0 Å². The van der Waals surface area contributed by atoms with Crippen molar-refractivity contribution in [1.82, 2.24) is 15.1 Å². The van der Waals surface area contributed by atoms with E-state index >= 15 is 0 Å². The predicted molar refractivity (Wildman–Crippen MR) is 61.8 cm³/mol. The van der Waals surface area contributed by atoms with Crippen molar-refractivity contribution in [2.75, 3.05) is 6.54 Å². The zero-order valence-corrected chi connectivity index (χ0v) is 10.3. The number of aryl methyl sites for hydroxylation is 1. The van der Waals surface area contributed by atoms with Crippen LogP contribution in [0.2, 0.25) is 0 Å². The zero-order valence-electron chi connectivity index (χ0n) is 10.3. The molecule has 0 aliphatic carbocycles. The molecular formula is C11H14F3N3O2. The molecule has 19 heavy (non-hydrogen) atoms. The average molecular weight is 277 g/mol. The van der Waals surface area contributed by atoms with Crippen LogP contribution < -0.4 is 10.9 Å². The van der Waals surface area contributed by atoms with E-state index in [1.165, 1.54) is 0 Å². The molecule has 0 saturated heterocycles. The van der Waals surface area contributed by atoms with Crippen LogP contribution >= 0.6 is 0 Å². The Morgan fingerprint density at radius 2 is 2.11 bits per heavy atom. The maximum absolute atomic E-state index is 12.0. The topological polar surface area (TPSA) is 64.0 Å². The van der Waals surface area contributed by atoms with Crippen molar-refractivity contribution in [3.8, 4) is 0 Å². The molecule has 1 aromatic heterocycles. The number of nitrogens with one attached hydrogen (secondary N) is 1. The number of amides is 1. The molecule has 106 valence electrons. The van der Waals surface area contributed by atoms with E-state index < -0.39 is 18.6 Å². The predicted octanol–water partition coefficient (Wildman–Crippen LogP) is 1.34. The minimum Gasteiger partial charge on any atom is -0.342 e. The van der Waals surface area contributed by atoms with Crippen molar-refractivity contribution in [3.63, 3.8) is 0 Å². The van der Waals surface area contributed by atoms with Crippen molar-refractivity contribution < 1.29 is 18.0 Å². The van der Waals surface area contributed by atoms with E-state index in [4.69, 9.17) is 0 Å². The van der Waals surface area contributed by atoms with Gasteiger partial charge in [0.2, 0.25) is 0 Å². The van der Waals surface area contributed by atoms with Gasteiger partial charge in [0.15, 0.2) is 0 Å². The Hall–Kier alpha value is -1.86. The second kappa shape index (κ2) is 6.35. The lowest BCUT2D eigenvalue weighted by Crippen LogP contribution is -2.35. The summed E-state index contributed by atoms with van der Waals surface area (Å²) < 4.78 is 36.9. The molecule has 5 nitrogen and oxygen atoms in total. The SMILES string of the molecule is CCCCn1nc(C(=O)NCC(F)(F)F)ccc1=O. The van der Waals surface area contributed by atoms with Crippen LogP contribution in [-0.2, 0) is 6.54 Å². The first-order valence-corrected chi connectivity index (χ1v) is 5.76. The Morgan fingerprint density at radius 3 is 2.68 bits per heavy atom. The molecule has 0 bridgehead atoms. The fourth-order valence-electron chi connectivity index (χ4n) is 1.31. The highest BCUT2D eigenvalue weighted by molar-refractivity contribution is 5.91. The molecule has 0 atom stereocenters. The van der Waals surface area contributed by atoms with Gasteiger partial charge in [0.1, 0.15) is 12.2 Å². The number of hydrogen-bond donors (Lipinski definition) is 1. The lowest BCUT2D eigenvalue weighted by atomic mass is 10.3. The first kappa shape index (κ1) is 15.2. The minimum atomic E-state index is -4.48. The molecule has 0 aliphatic heterocycles. The molecule has 1 rings (SSSR count). The Balaban J connectivity index is 2.78. The van der Waals surface area contributed by atoms with Gasteiger partial charge in [-0.3, -0.25) is 9.59 Å². The van der Waals surface area contributed by atoms with Crippen LogP contribution in [0.15, 0.2) is 16.9 Å². The molecule has 1 aromatic rings. The molecule has 0 unspecified atom stereocenters. The lowest BCUT2D eigenvalue weighted by Gasteiger charge is -2.09. The maximum Gasteiger partial charge on any atom is 0.405 e. The fraction of sp³-hybridized carbons (Fsp3) is 0.545. The van der Waals surface area contributed by atoms with Crippen LogP contribution in [0.25, 0.3) is 0 Å². The third-order valence-electron chi connectivity index (χ3n) is 2.27. The van der Waals surface area contributed by atoms with Crippen molar-refractivity contribution in [2.45, 2.75) is 32.5 Å². The van der Waals surface area contributed by atoms with Crippen molar-refractivity contribution in [3.05, 3.63) is 28.2 Å². The second-order valence-electron chi connectivity index (χ2n) is 3.93. The highest BCUT2D eigenvalue weighted by Gasteiger charge is 2.28. The third kappa shape index (κ3) is 5.11. The molecule has 1 amide bonds. The summed E-state index contributed by atoms with van der Waals surface area (Å²) in [6.45, 7) is 0.822. The first-order valence-electron chi connectivity index (χ1n) is 5.76. The van der Waals surface area contributed by atoms with Gasteiger partial charge in [-0.15, -0.1) is 0 Å². The lowest BCUT2D eigenvalue weighted by molar-refractivity contribution is -0.123. The van der Waals surface area contributed by atoms with Crippen LogP contribution in [0.4, 0.5) is 13.2 Å². The van der Waals surface area contributed by atoms with Gasteiger partial charge in [-0.1, -0.05) is 13.3 Å². The highest BCUT2D eigenvalue weighted by Crippen LogP contribution is 2.12. The van der Waals surface area contributed by atoms with Crippen LogP contribution in [-0.4, -0.2) is 28.4 Å². The maximum atomic E-state index is 12.0. The van der Waals surface area contributed by atoms with E-state index in [-0.39, 0.29) is 11.3 Å². The Labute approximate surface area is 107 Å². The summed E-state index contributed by atoms with van der Waals surface area (Å²) in [7, 11) is 0. The number of aromatic nitrogens is 2. The smallest absolute Gasteiger partial charge is 0.342 e. The van der Waals surface area contributed by atoms with E-state index in [0.717, 1.165) is 23.2 Å². The Bertz CT molecular complexity index is 497. The normalized spacial score (nSPS) is 11.4. The largest absolute Gasteiger partial charge is 0.405 e. The molecule has 0 spiro atoms. The van der Waals surface area contributed by atoms with Gasteiger partial charge in [-0.25, -0.2) is 4.68 Å². The molecule has 1 N–H and O–H groups in total. The van der Waals surface area contributed by atoms with Gasteiger partial charge in [-0.05, 0) is 12.5 Å². The zero-order chi connectivity index (χ0) is 14.5. The first-order chi connectivity index (χ1) is 8.83. The summed E-state index contributed by atoms with van der Waals surface area (Å²) in [5, 5.41) is 5.44. The quantitative estimate of drug-likeness (QED) is 0.883. The van der Waals surface area contributed by atoms with E-state index in [2.05, 4.69) is 5.10 Å². The number of hydrogen-bond acceptors (Lipinski definition) is 3. The number of carbonyl (C=O) groups is 1. The number of nitrogens with zero attached hydrogens (tertiary/aromatic N) is 2. The molecule has 0 saturated carbocycles. The number of rotatable bonds is 5. The summed E-state index contributed by atoms with van der Waals surface area (Å²) in [4.78, 5) is 22.8. The molecule has 1 heterocycles. The average Bonchev–Trinajstić information content (AvgIpc) is 2.34. The summed E-state index contributed by atoms with van der Waals surface area (Å²) in [6, 6.07) is 2.22. The van der Waals surface area contributed by atoms with Gasteiger partial charge >= 0.3 is 6.18 Å². The van der Waals surface area contributed by atoms with E-state index in [1.807, 2.05) is 6.92 Å². The van der Waals surface area contributed by atoms with Crippen LogP contribution in [0, 0.1) is 0 Å². The van der Waals surface area contributed by atoms with Gasteiger partial charge in [0.25, 0.3) is 11.5 Å². The highest BCUT2D eigenvalue weighted by atomic mass is 19.4. The summed E-state index contributed by atoms with van der Waals surface area (Å²) in [5.41, 5.74) is -0.597. The Morgan fingerprint density at radius 1 is 1.42 bits per heavy atom. The molecule has 8 heteroatoms. The minimum absolute atomic E-state index is 0.208. The van der Waals surface area contributed by atoms with Crippen LogP contribution in [0.1, 0.15) is 30.3 Å². The van der Waals surface area contributed by atoms with Gasteiger partial charge in [0, 0.05) is 12.6 Å². The number of carbonyl (C=O) groups excluding carboxylic acids is 1. The Kier molecular flexibility index (Phi) is 5.08. The summed E-state index contributed by atoms with van der Waals surface area (Å²) in [6.07, 6.45) is -2.95. The molecule has 0 aromatic carbocycles. The monoisotopic (exact) mass is 277 g/mol. The number of unbranched alkanes of at least 4 members (excludes halogenated alkanes) is 1. The summed E-state index contributed by atoms with van der Waals surface area (Å²) >= 11 is 0. The van der Waals surface area contributed by atoms with E-state index in [1.54, 1.807) is 5.32 Å². The van der Waals surface area contributed by atoms with Gasteiger partial charge in [-0.2, -0.15) is 18.3 Å².